The number of carbonyl (C=O) groups excluding carboxylic acids is 2. The highest BCUT2D eigenvalue weighted by molar-refractivity contribution is 5.93. The number of furan rings is 1. The van der Waals surface area contributed by atoms with Gasteiger partial charge in [0.25, 0.3) is 0 Å². The van der Waals surface area contributed by atoms with Crippen molar-refractivity contribution in [3.63, 3.8) is 0 Å². The number of nitrogens with zero attached hydrogens (tertiary/aromatic N) is 3. The number of fused-ring (bicyclic) bond motifs is 2. The molecule has 0 saturated heterocycles. The van der Waals surface area contributed by atoms with Gasteiger partial charge >= 0.3 is 6.03 Å². The number of aromatic nitrogens is 1. The Morgan fingerprint density at radius 2 is 1.81 bits per heavy atom. The van der Waals surface area contributed by atoms with Crippen LogP contribution in [0.2, 0.25) is 0 Å². The molecule has 0 fully saturated rings. The summed E-state index contributed by atoms with van der Waals surface area (Å²) in [6, 6.07) is 16.9. The van der Waals surface area contributed by atoms with Gasteiger partial charge in [-0.1, -0.05) is 18.2 Å². The van der Waals surface area contributed by atoms with Crippen LogP contribution >= 0.6 is 0 Å². The molecule has 1 N–H and O–H groups in total. The van der Waals surface area contributed by atoms with E-state index in [0.29, 0.717) is 5.69 Å². The van der Waals surface area contributed by atoms with Crippen molar-refractivity contribution in [1.82, 2.24) is 14.4 Å². The molecule has 4 aromatic rings. The van der Waals surface area contributed by atoms with Crippen molar-refractivity contribution in [2.24, 2.45) is 0 Å². The van der Waals surface area contributed by atoms with Crippen LogP contribution in [-0.4, -0.2) is 47.4 Å². The van der Waals surface area contributed by atoms with Gasteiger partial charge in [-0.25, -0.2) is 4.79 Å². The second-order valence-electron chi connectivity index (χ2n) is 7.91. The normalized spacial score (nSPS) is 12.1. The minimum atomic E-state index is -0.228. The Kier molecular flexibility index (Phi) is 5.42. The predicted octanol–water partition coefficient (Wildman–Crippen LogP) is 4.70. The third kappa shape index (κ3) is 4.12. The summed E-state index contributed by atoms with van der Waals surface area (Å²) in [4.78, 5) is 28.0. The molecule has 0 bridgehead atoms. The number of anilines is 1. The quantitative estimate of drug-likeness (QED) is 0.511. The molecule has 0 aliphatic rings. The van der Waals surface area contributed by atoms with Crippen LogP contribution < -0.4 is 5.32 Å². The lowest BCUT2D eigenvalue weighted by atomic mass is 10.2. The average molecular weight is 418 g/mol. The van der Waals surface area contributed by atoms with Gasteiger partial charge in [-0.2, -0.15) is 0 Å². The molecule has 4 rings (SSSR count). The molecule has 3 amide bonds. The van der Waals surface area contributed by atoms with E-state index in [9.17, 15) is 9.59 Å². The van der Waals surface area contributed by atoms with E-state index in [1.165, 1.54) is 0 Å². The van der Waals surface area contributed by atoms with Gasteiger partial charge in [0.2, 0.25) is 5.91 Å². The Hall–Kier alpha value is -3.74. The lowest BCUT2D eigenvalue weighted by molar-refractivity contribution is -0.129. The van der Waals surface area contributed by atoms with Crippen LogP contribution in [0.4, 0.5) is 10.5 Å². The van der Waals surface area contributed by atoms with E-state index in [1.54, 1.807) is 30.9 Å². The zero-order chi connectivity index (χ0) is 22.1. The fourth-order valence-corrected chi connectivity index (χ4v) is 3.49. The third-order valence-corrected chi connectivity index (χ3v) is 5.58. The standard InChI is InChI=1S/C24H26N4O3/c1-16(22-14-18-7-5-6-8-21(18)31-22)27(4)24(30)25-19-9-10-20-17(13-19)11-12-28(20)15-23(29)26(2)3/h5-14,16H,15H2,1-4H3,(H,25,30). The molecule has 0 radical (unpaired) electrons. The Labute approximate surface area is 180 Å². The largest absolute Gasteiger partial charge is 0.459 e. The number of benzene rings is 2. The molecule has 0 aliphatic carbocycles. The first kappa shape index (κ1) is 20.5. The zero-order valence-corrected chi connectivity index (χ0v) is 18.1. The number of hydrogen-bond acceptors (Lipinski definition) is 3. The van der Waals surface area contributed by atoms with E-state index in [4.69, 9.17) is 4.42 Å². The monoisotopic (exact) mass is 418 g/mol. The lowest BCUT2D eigenvalue weighted by Crippen LogP contribution is -2.33. The minimum Gasteiger partial charge on any atom is -0.459 e. The summed E-state index contributed by atoms with van der Waals surface area (Å²) in [5, 5.41) is 4.92. The molecule has 0 aliphatic heterocycles. The van der Waals surface area contributed by atoms with Gasteiger partial charge < -0.3 is 24.1 Å². The molecule has 7 nitrogen and oxygen atoms in total. The van der Waals surface area contributed by atoms with Gasteiger partial charge in [0.15, 0.2) is 0 Å². The number of hydrogen-bond donors (Lipinski definition) is 1. The summed E-state index contributed by atoms with van der Waals surface area (Å²) >= 11 is 0. The molecule has 0 spiro atoms. The number of para-hydroxylation sites is 1. The Morgan fingerprint density at radius 1 is 1.03 bits per heavy atom. The van der Waals surface area contributed by atoms with Crippen molar-refractivity contribution in [2.75, 3.05) is 26.5 Å². The number of carbonyl (C=O) groups is 2. The number of nitrogens with one attached hydrogen (secondary N) is 1. The lowest BCUT2D eigenvalue weighted by Gasteiger charge is -2.23. The summed E-state index contributed by atoms with van der Waals surface area (Å²) in [7, 11) is 5.23. The number of rotatable bonds is 5. The van der Waals surface area contributed by atoms with Crippen LogP contribution in [0.1, 0.15) is 18.7 Å². The number of amides is 3. The fraction of sp³-hybridized carbons (Fsp3) is 0.250. The highest BCUT2D eigenvalue weighted by atomic mass is 16.3. The molecule has 0 saturated carbocycles. The summed E-state index contributed by atoms with van der Waals surface area (Å²) < 4.78 is 7.81. The van der Waals surface area contributed by atoms with E-state index in [2.05, 4.69) is 5.32 Å². The zero-order valence-electron chi connectivity index (χ0n) is 18.1. The van der Waals surface area contributed by atoms with E-state index in [0.717, 1.165) is 27.6 Å². The van der Waals surface area contributed by atoms with Crippen molar-refractivity contribution >= 4 is 39.5 Å². The molecule has 1 atom stereocenters. The molecule has 2 heterocycles. The SMILES string of the molecule is CC(c1cc2ccccc2o1)N(C)C(=O)Nc1ccc2c(ccn2CC(=O)N(C)C)c1. The van der Waals surface area contributed by atoms with Crippen molar-refractivity contribution in [1.29, 1.82) is 0 Å². The molecule has 2 aromatic carbocycles. The summed E-state index contributed by atoms with van der Waals surface area (Å²) in [5.41, 5.74) is 2.44. The summed E-state index contributed by atoms with van der Waals surface area (Å²) in [5.74, 6) is 0.757. The molecular formula is C24H26N4O3. The number of urea groups is 1. The Balaban J connectivity index is 1.47. The first-order valence-corrected chi connectivity index (χ1v) is 10.1. The molecule has 160 valence electrons. The summed E-state index contributed by atoms with van der Waals surface area (Å²) in [6.45, 7) is 2.21. The van der Waals surface area contributed by atoms with Gasteiger partial charge in [0.05, 0.1) is 6.04 Å². The summed E-state index contributed by atoms with van der Waals surface area (Å²) in [6.07, 6.45) is 1.88. The van der Waals surface area contributed by atoms with Gasteiger partial charge in [0, 0.05) is 49.3 Å². The van der Waals surface area contributed by atoms with Crippen LogP contribution in [0, 0.1) is 0 Å². The smallest absolute Gasteiger partial charge is 0.322 e. The van der Waals surface area contributed by atoms with Crippen LogP contribution in [0.15, 0.2) is 65.2 Å². The van der Waals surface area contributed by atoms with Crippen molar-refractivity contribution < 1.29 is 14.0 Å². The Bertz CT molecular complexity index is 1220. The molecule has 2 aromatic heterocycles. The van der Waals surface area contributed by atoms with Gasteiger partial charge in [-0.15, -0.1) is 0 Å². The van der Waals surface area contributed by atoms with E-state index in [1.807, 2.05) is 72.3 Å². The van der Waals surface area contributed by atoms with Crippen molar-refractivity contribution in [2.45, 2.75) is 19.5 Å². The maximum absolute atomic E-state index is 12.8. The second kappa shape index (κ2) is 8.18. The number of likely N-dealkylation sites (N-methyl/N-ethyl adjacent to an activating group) is 1. The van der Waals surface area contributed by atoms with Crippen molar-refractivity contribution in [3.05, 3.63) is 66.6 Å². The van der Waals surface area contributed by atoms with E-state index < -0.39 is 0 Å². The van der Waals surface area contributed by atoms with Gasteiger partial charge in [-0.05, 0) is 43.3 Å². The molecule has 7 heteroatoms. The molecule has 1 unspecified atom stereocenters. The molecular weight excluding hydrogens is 392 g/mol. The third-order valence-electron chi connectivity index (χ3n) is 5.58. The average Bonchev–Trinajstić information content (AvgIpc) is 3.36. The van der Waals surface area contributed by atoms with Crippen LogP contribution in [0.25, 0.3) is 21.9 Å². The Morgan fingerprint density at radius 3 is 2.55 bits per heavy atom. The maximum Gasteiger partial charge on any atom is 0.322 e. The van der Waals surface area contributed by atoms with Crippen LogP contribution in [-0.2, 0) is 11.3 Å². The molecule has 31 heavy (non-hydrogen) atoms. The predicted molar refractivity (Wildman–Crippen MR) is 122 cm³/mol. The van der Waals surface area contributed by atoms with Crippen LogP contribution in [0.3, 0.4) is 0 Å². The van der Waals surface area contributed by atoms with Gasteiger partial charge in [0.1, 0.15) is 17.9 Å². The van der Waals surface area contributed by atoms with E-state index in [-0.39, 0.29) is 24.5 Å². The highest BCUT2D eigenvalue weighted by Crippen LogP contribution is 2.27. The second-order valence-corrected chi connectivity index (χ2v) is 7.91. The van der Waals surface area contributed by atoms with E-state index >= 15 is 0 Å². The topological polar surface area (TPSA) is 70.7 Å². The van der Waals surface area contributed by atoms with Crippen molar-refractivity contribution in [3.8, 4) is 0 Å². The first-order chi connectivity index (χ1) is 14.8. The minimum absolute atomic E-state index is 0.0241. The van der Waals surface area contributed by atoms with Gasteiger partial charge in [-0.3, -0.25) is 4.79 Å². The maximum atomic E-state index is 12.8. The fourth-order valence-electron chi connectivity index (χ4n) is 3.49. The first-order valence-electron chi connectivity index (χ1n) is 10.1. The highest BCUT2D eigenvalue weighted by Gasteiger charge is 2.21. The van der Waals surface area contributed by atoms with Crippen LogP contribution in [0.5, 0.6) is 0 Å².